The summed E-state index contributed by atoms with van der Waals surface area (Å²) in [5.74, 6) is 1.36. The zero-order valence-electron chi connectivity index (χ0n) is 13.5. The number of morpholine rings is 1. The van der Waals surface area contributed by atoms with Crippen molar-refractivity contribution in [1.29, 1.82) is 0 Å². The first kappa shape index (κ1) is 16.9. The molecule has 0 bridgehead atoms. The van der Waals surface area contributed by atoms with Crippen LogP contribution in [0, 0.1) is 6.92 Å². The Morgan fingerprint density at radius 2 is 1.83 bits per heavy atom. The predicted octanol–water partition coefficient (Wildman–Crippen LogP) is 1.54. The molecule has 8 nitrogen and oxygen atoms in total. The van der Waals surface area contributed by atoms with Gasteiger partial charge in [0.05, 0.1) is 18.1 Å². The molecule has 3 rings (SSSR count). The van der Waals surface area contributed by atoms with E-state index in [0.29, 0.717) is 43.8 Å². The second-order valence-electron chi connectivity index (χ2n) is 5.41. The van der Waals surface area contributed by atoms with E-state index in [4.69, 9.17) is 13.9 Å². The normalized spacial score (nSPS) is 17.6. The lowest BCUT2D eigenvalue weighted by molar-refractivity contribution is 0.0730. The van der Waals surface area contributed by atoms with Crippen molar-refractivity contribution >= 4 is 10.0 Å². The van der Waals surface area contributed by atoms with Gasteiger partial charge in [-0.2, -0.15) is 4.31 Å². The Bertz CT molecular complexity index is 782. The van der Waals surface area contributed by atoms with Crippen LogP contribution in [0.3, 0.4) is 0 Å². The van der Waals surface area contributed by atoms with E-state index in [1.165, 1.54) is 16.4 Å². The van der Waals surface area contributed by atoms with Gasteiger partial charge in [-0.1, -0.05) is 0 Å². The Kier molecular flexibility index (Phi) is 4.83. The third kappa shape index (κ3) is 3.58. The van der Waals surface area contributed by atoms with Crippen molar-refractivity contribution in [1.82, 2.24) is 14.5 Å². The molecule has 0 saturated carbocycles. The molecule has 0 amide bonds. The standard InChI is InChI=1S/C15H19N3O5S/c1-11(15-17-16-12(2)23-15)22-13-3-5-14(6-4-13)24(19,20)18-7-9-21-10-8-18/h3-6,11H,7-10H2,1-2H3. The van der Waals surface area contributed by atoms with Crippen LogP contribution < -0.4 is 4.74 Å². The number of benzene rings is 1. The second-order valence-corrected chi connectivity index (χ2v) is 7.35. The molecule has 0 spiro atoms. The lowest BCUT2D eigenvalue weighted by atomic mass is 10.3. The number of aromatic nitrogens is 2. The monoisotopic (exact) mass is 353 g/mol. The van der Waals surface area contributed by atoms with Gasteiger partial charge in [-0.3, -0.25) is 0 Å². The molecule has 1 saturated heterocycles. The summed E-state index contributed by atoms with van der Waals surface area (Å²) < 4.78 is 42.7. The molecule has 1 aliphatic heterocycles. The third-order valence-electron chi connectivity index (χ3n) is 3.63. The molecule has 1 aliphatic rings. The smallest absolute Gasteiger partial charge is 0.256 e. The highest BCUT2D eigenvalue weighted by Crippen LogP contribution is 2.24. The van der Waals surface area contributed by atoms with Gasteiger partial charge in [0.25, 0.3) is 5.89 Å². The van der Waals surface area contributed by atoms with Crippen LogP contribution >= 0.6 is 0 Å². The van der Waals surface area contributed by atoms with Crippen molar-refractivity contribution in [2.24, 2.45) is 0 Å². The quantitative estimate of drug-likeness (QED) is 0.804. The van der Waals surface area contributed by atoms with Crippen LogP contribution in [-0.2, 0) is 14.8 Å². The Hall–Kier alpha value is -1.97. The summed E-state index contributed by atoms with van der Waals surface area (Å²) in [5, 5.41) is 7.66. The Morgan fingerprint density at radius 3 is 2.42 bits per heavy atom. The summed E-state index contributed by atoms with van der Waals surface area (Å²) in [4.78, 5) is 0.234. The molecule has 1 aromatic carbocycles. The summed E-state index contributed by atoms with van der Waals surface area (Å²) in [7, 11) is -3.50. The largest absolute Gasteiger partial charge is 0.481 e. The average Bonchev–Trinajstić information content (AvgIpc) is 3.03. The fourth-order valence-corrected chi connectivity index (χ4v) is 3.76. The number of ether oxygens (including phenoxy) is 2. The zero-order chi connectivity index (χ0) is 17.2. The van der Waals surface area contributed by atoms with Crippen LogP contribution in [0.4, 0.5) is 0 Å². The van der Waals surface area contributed by atoms with Crippen LogP contribution in [0.1, 0.15) is 24.8 Å². The van der Waals surface area contributed by atoms with Crippen LogP contribution in [0.5, 0.6) is 5.75 Å². The van der Waals surface area contributed by atoms with E-state index in [9.17, 15) is 8.42 Å². The van der Waals surface area contributed by atoms with Crippen molar-refractivity contribution < 1.29 is 22.3 Å². The van der Waals surface area contributed by atoms with Crippen molar-refractivity contribution in [3.8, 4) is 5.75 Å². The molecule has 0 N–H and O–H groups in total. The van der Waals surface area contributed by atoms with E-state index in [1.807, 2.05) is 0 Å². The maximum absolute atomic E-state index is 12.5. The van der Waals surface area contributed by atoms with E-state index in [1.54, 1.807) is 26.0 Å². The minimum atomic E-state index is -3.50. The molecule has 24 heavy (non-hydrogen) atoms. The number of hydrogen-bond acceptors (Lipinski definition) is 7. The first-order valence-corrected chi connectivity index (χ1v) is 9.05. The van der Waals surface area contributed by atoms with Crippen LogP contribution in [0.2, 0.25) is 0 Å². The first-order chi connectivity index (χ1) is 11.5. The molecule has 1 unspecified atom stereocenters. The van der Waals surface area contributed by atoms with Gasteiger partial charge < -0.3 is 13.9 Å². The number of rotatable bonds is 5. The van der Waals surface area contributed by atoms with Crippen molar-refractivity contribution in [3.63, 3.8) is 0 Å². The summed E-state index contributed by atoms with van der Waals surface area (Å²) >= 11 is 0. The van der Waals surface area contributed by atoms with E-state index in [2.05, 4.69) is 10.2 Å². The van der Waals surface area contributed by atoms with Gasteiger partial charge in [0.1, 0.15) is 5.75 Å². The van der Waals surface area contributed by atoms with Crippen molar-refractivity contribution in [3.05, 3.63) is 36.0 Å². The molecule has 1 fully saturated rings. The van der Waals surface area contributed by atoms with Gasteiger partial charge in [0, 0.05) is 20.0 Å². The SMILES string of the molecule is Cc1nnc(C(C)Oc2ccc(S(=O)(=O)N3CCOCC3)cc2)o1. The lowest BCUT2D eigenvalue weighted by Gasteiger charge is -2.26. The fourth-order valence-electron chi connectivity index (χ4n) is 2.36. The highest BCUT2D eigenvalue weighted by molar-refractivity contribution is 7.89. The van der Waals surface area contributed by atoms with Gasteiger partial charge in [0.15, 0.2) is 6.10 Å². The van der Waals surface area contributed by atoms with Gasteiger partial charge in [-0.25, -0.2) is 8.42 Å². The second kappa shape index (κ2) is 6.88. The molecular weight excluding hydrogens is 334 g/mol. The third-order valence-corrected chi connectivity index (χ3v) is 5.55. The van der Waals surface area contributed by atoms with Crippen LogP contribution in [0.15, 0.2) is 33.6 Å². The van der Waals surface area contributed by atoms with Crippen LogP contribution in [-0.4, -0.2) is 49.2 Å². The molecule has 0 aliphatic carbocycles. The van der Waals surface area contributed by atoms with Gasteiger partial charge in [-0.15, -0.1) is 10.2 Å². The van der Waals surface area contributed by atoms with Gasteiger partial charge in [-0.05, 0) is 31.2 Å². The van der Waals surface area contributed by atoms with E-state index < -0.39 is 16.1 Å². The molecule has 2 heterocycles. The Balaban J connectivity index is 1.71. The average molecular weight is 353 g/mol. The number of sulfonamides is 1. The topological polar surface area (TPSA) is 94.8 Å². The summed E-state index contributed by atoms with van der Waals surface area (Å²) in [6.45, 7) is 5.06. The first-order valence-electron chi connectivity index (χ1n) is 7.61. The number of nitrogens with zero attached hydrogens (tertiary/aromatic N) is 3. The molecule has 0 radical (unpaired) electrons. The van der Waals surface area contributed by atoms with Crippen molar-refractivity contribution in [2.75, 3.05) is 26.3 Å². The van der Waals surface area contributed by atoms with E-state index >= 15 is 0 Å². The summed E-state index contributed by atoms with van der Waals surface area (Å²) in [6.07, 6.45) is -0.423. The maximum atomic E-state index is 12.5. The van der Waals surface area contributed by atoms with Gasteiger partial charge in [0.2, 0.25) is 15.9 Å². The van der Waals surface area contributed by atoms with Crippen molar-refractivity contribution in [2.45, 2.75) is 24.8 Å². The fraction of sp³-hybridized carbons (Fsp3) is 0.467. The Labute approximate surface area is 140 Å². The summed E-state index contributed by atoms with van der Waals surface area (Å²) in [6, 6.07) is 6.30. The van der Waals surface area contributed by atoms with E-state index in [-0.39, 0.29) is 4.90 Å². The molecule has 1 atom stereocenters. The molecular formula is C15H19N3O5S. The molecule has 2 aromatic rings. The number of hydrogen-bond donors (Lipinski definition) is 0. The van der Waals surface area contributed by atoms with Crippen LogP contribution in [0.25, 0.3) is 0 Å². The molecule has 9 heteroatoms. The summed E-state index contributed by atoms with van der Waals surface area (Å²) in [5.41, 5.74) is 0. The highest BCUT2D eigenvalue weighted by Gasteiger charge is 2.26. The molecule has 130 valence electrons. The predicted molar refractivity (Wildman–Crippen MR) is 84.1 cm³/mol. The minimum absolute atomic E-state index is 0.234. The highest BCUT2D eigenvalue weighted by atomic mass is 32.2. The lowest BCUT2D eigenvalue weighted by Crippen LogP contribution is -2.40. The zero-order valence-corrected chi connectivity index (χ0v) is 14.3. The maximum Gasteiger partial charge on any atom is 0.256 e. The van der Waals surface area contributed by atoms with Gasteiger partial charge >= 0.3 is 0 Å². The minimum Gasteiger partial charge on any atom is -0.481 e. The molecule has 1 aromatic heterocycles. The number of aryl methyl sites for hydroxylation is 1. The van der Waals surface area contributed by atoms with E-state index in [0.717, 1.165) is 0 Å². The Morgan fingerprint density at radius 1 is 1.17 bits per heavy atom.